The third-order valence-electron chi connectivity index (χ3n) is 4.06. The topological polar surface area (TPSA) is 62.2 Å². The number of carbonyl (C=O) groups is 1. The van der Waals surface area contributed by atoms with E-state index in [0.717, 1.165) is 24.3 Å². The zero-order valence-electron chi connectivity index (χ0n) is 12.0. The zero-order chi connectivity index (χ0) is 14.6. The van der Waals surface area contributed by atoms with Gasteiger partial charge in [-0.2, -0.15) is 0 Å². The van der Waals surface area contributed by atoms with Gasteiger partial charge in [-0.05, 0) is 31.9 Å². The van der Waals surface area contributed by atoms with Gasteiger partial charge in [0.2, 0.25) is 5.91 Å². The molecule has 1 aliphatic carbocycles. The summed E-state index contributed by atoms with van der Waals surface area (Å²) in [5.41, 5.74) is -0.176. The molecule has 3 unspecified atom stereocenters. The van der Waals surface area contributed by atoms with Crippen molar-refractivity contribution in [3.05, 3.63) is 24.4 Å². The Morgan fingerprint density at radius 1 is 1.65 bits per heavy atom. The Morgan fingerprint density at radius 3 is 3.10 bits per heavy atom. The number of aliphatic hydroxyl groups is 1. The maximum absolute atomic E-state index is 12.3. The fourth-order valence-electron chi connectivity index (χ4n) is 2.61. The van der Waals surface area contributed by atoms with Gasteiger partial charge in [-0.1, -0.05) is 31.2 Å². The third-order valence-corrected chi connectivity index (χ3v) is 5.11. The molecule has 0 saturated heterocycles. The maximum Gasteiger partial charge on any atom is 0.233 e. The van der Waals surface area contributed by atoms with Crippen molar-refractivity contribution in [1.82, 2.24) is 10.3 Å². The van der Waals surface area contributed by atoms with E-state index in [2.05, 4.69) is 10.3 Å². The Balaban J connectivity index is 1.91. The Bertz CT molecular complexity index is 454. The number of nitrogens with one attached hydrogen (secondary N) is 1. The first-order chi connectivity index (χ1) is 9.55. The summed E-state index contributed by atoms with van der Waals surface area (Å²) < 4.78 is 0. The summed E-state index contributed by atoms with van der Waals surface area (Å²) in [6, 6.07) is 5.76. The zero-order valence-corrected chi connectivity index (χ0v) is 12.8. The molecule has 1 aromatic rings. The molecule has 2 N–H and O–H groups in total. The number of amides is 1. The monoisotopic (exact) mass is 294 g/mol. The molecule has 1 aliphatic rings. The second kappa shape index (κ2) is 6.59. The molecule has 1 fully saturated rings. The molecule has 3 atom stereocenters. The summed E-state index contributed by atoms with van der Waals surface area (Å²) in [5, 5.41) is 13.3. The fraction of sp³-hybridized carbons (Fsp3) is 0.600. The molecule has 0 aliphatic heterocycles. The van der Waals surface area contributed by atoms with Crippen molar-refractivity contribution in [2.45, 2.75) is 49.4 Å². The predicted molar refractivity (Wildman–Crippen MR) is 80.5 cm³/mol. The Hall–Kier alpha value is -1.07. The summed E-state index contributed by atoms with van der Waals surface area (Å²) in [7, 11) is 0. The molecule has 0 radical (unpaired) electrons. The molecule has 0 bridgehead atoms. The van der Waals surface area contributed by atoms with E-state index in [1.807, 2.05) is 32.0 Å². The van der Waals surface area contributed by atoms with Crippen LogP contribution >= 0.6 is 11.8 Å². The van der Waals surface area contributed by atoms with E-state index >= 15 is 0 Å². The molecule has 5 heteroatoms. The standard InChI is InChI=1S/C15H22N2O2S/c1-11(20-13-7-3-4-9-16-13)14(19)17-12-6-5-8-15(12,2)10-18/h3-4,7,9,11-12,18H,5-6,8,10H2,1-2H3,(H,17,19). The molecule has 0 spiro atoms. The minimum Gasteiger partial charge on any atom is -0.396 e. The highest BCUT2D eigenvalue weighted by Gasteiger charge is 2.39. The van der Waals surface area contributed by atoms with E-state index in [1.165, 1.54) is 11.8 Å². The third kappa shape index (κ3) is 3.52. The van der Waals surface area contributed by atoms with Crippen LogP contribution in [-0.4, -0.2) is 33.9 Å². The van der Waals surface area contributed by atoms with Crippen LogP contribution in [0.4, 0.5) is 0 Å². The number of aromatic nitrogens is 1. The van der Waals surface area contributed by atoms with E-state index in [0.29, 0.717) is 0 Å². The lowest BCUT2D eigenvalue weighted by Gasteiger charge is -2.30. The first-order valence-corrected chi connectivity index (χ1v) is 7.92. The minimum absolute atomic E-state index is 0.0206. The SMILES string of the molecule is CC(Sc1ccccn1)C(=O)NC1CCCC1(C)CO. The van der Waals surface area contributed by atoms with Crippen molar-refractivity contribution in [3.8, 4) is 0 Å². The van der Waals surface area contributed by atoms with Crippen LogP contribution in [-0.2, 0) is 4.79 Å². The van der Waals surface area contributed by atoms with Gasteiger partial charge in [0.05, 0.1) is 16.9 Å². The highest BCUT2D eigenvalue weighted by molar-refractivity contribution is 8.00. The molecule has 1 amide bonds. The van der Waals surface area contributed by atoms with E-state index < -0.39 is 0 Å². The molecule has 4 nitrogen and oxygen atoms in total. The van der Waals surface area contributed by atoms with Crippen LogP contribution in [0.5, 0.6) is 0 Å². The molecular formula is C15H22N2O2S. The lowest BCUT2D eigenvalue weighted by atomic mass is 9.86. The molecule has 1 aromatic heterocycles. The van der Waals surface area contributed by atoms with Crippen LogP contribution < -0.4 is 5.32 Å². The number of pyridine rings is 1. The molecule has 0 aromatic carbocycles. The predicted octanol–water partition coefficient (Wildman–Crippen LogP) is 2.23. The number of aliphatic hydroxyl groups excluding tert-OH is 1. The Kier molecular flexibility index (Phi) is 5.05. The van der Waals surface area contributed by atoms with E-state index in [9.17, 15) is 9.90 Å². The van der Waals surface area contributed by atoms with Gasteiger partial charge in [0, 0.05) is 17.7 Å². The quantitative estimate of drug-likeness (QED) is 0.818. The van der Waals surface area contributed by atoms with Crippen molar-refractivity contribution in [2.24, 2.45) is 5.41 Å². The van der Waals surface area contributed by atoms with Crippen LogP contribution in [0.3, 0.4) is 0 Å². The van der Waals surface area contributed by atoms with E-state index in [-0.39, 0.29) is 29.2 Å². The van der Waals surface area contributed by atoms with Crippen molar-refractivity contribution >= 4 is 17.7 Å². The molecule has 2 rings (SSSR count). The van der Waals surface area contributed by atoms with Crippen LogP contribution in [0.1, 0.15) is 33.1 Å². The number of hydrogen-bond donors (Lipinski definition) is 2. The van der Waals surface area contributed by atoms with Gasteiger partial charge in [-0.15, -0.1) is 0 Å². The fourth-order valence-corrected chi connectivity index (χ4v) is 3.43. The van der Waals surface area contributed by atoms with Crippen LogP contribution in [0.2, 0.25) is 0 Å². The summed E-state index contributed by atoms with van der Waals surface area (Å²) in [6.45, 7) is 4.06. The van der Waals surface area contributed by atoms with E-state index in [1.54, 1.807) is 6.20 Å². The molecule has 1 heterocycles. The van der Waals surface area contributed by atoms with Gasteiger partial charge in [-0.3, -0.25) is 4.79 Å². The summed E-state index contributed by atoms with van der Waals surface area (Å²) in [6.07, 6.45) is 4.70. The van der Waals surface area contributed by atoms with Crippen LogP contribution in [0.25, 0.3) is 0 Å². The van der Waals surface area contributed by atoms with Crippen molar-refractivity contribution < 1.29 is 9.90 Å². The maximum atomic E-state index is 12.3. The summed E-state index contributed by atoms with van der Waals surface area (Å²) >= 11 is 1.46. The number of rotatable bonds is 5. The Labute approximate surface area is 124 Å². The van der Waals surface area contributed by atoms with Crippen LogP contribution in [0.15, 0.2) is 29.4 Å². The molecular weight excluding hydrogens is 272 g/mol. The first kappa shape index (κ1) is 15.3. The van der Waals surface area contributed by atoms with Gasteiger partial charge in [0.25, 0.3) is 0 Å². The highest BCUT2D eigenvalue weighted by atomic mass is 32.2. The second-order valence-electron chi connectivity index (χ2n) is 5.69. The highest BCUT2D eigenvalue weighted by Crippen LogP contribution is 2.37. The summed E-state index contributed by atoms with van der Waals surface area (Å²) in [4.78, 5) is 16.5. The second-order valence-corrected chi connectivity index (χ2v) is 7.05. The number of nitrogens with zero attached hydrogens (tertiary/aromatic N) is 1. The Morgan fingerprint density at radius 2 is 2.45 bits per heavy atom. The minimum atomic E-state index is -0.187. The van der Waals surface area contributed by atoms with Gasteiger partial charge in [0.15, 0.2) is 0 Å². The summed E-state index contributed by atoms with van der Waals surface area (Å²) in [5.74, 6) is 0.0206. The number of carbonyl (C=O) groups excluding carboxylic acids is 1. The van der Waals surface area contributed by atoms with E-state index in [4.69, 9.17) is 0 Å². The van der Waals surface area contributed by atoms with Gasteiger partial charge < -0.3 is 10.4 Å². The van der Waals surface area contributed by atoms with Crippen molar-refractivity contribution in [1.29, 1.82) is 0 Å². The normalized spacial score (nSPS) is 27.2. The smallest absolute Gasteiger partial charge is 0.233 e. The van der Waals surface area contributed by atoms with Crippen molar-refractivity contribution in [3.63, 3.8) is 0 Å². The average Bonchev–Trinajstić information content (AvgIpc) is 2.82. The van der Waals surface area contributed by atoms with Crippen molar-refractivity contribution in [2.75, 3.05) is 6.61 Å². The molecule has 110 valence electrons. The lowest BCUT2D eigenvalue weighted by molar-refractivity contribution is -0.121. The number of thioether (sulfide) groups is 1. The van der Waals surface area contributed by atoms with Gasteiger partial charge >= 0.3 is 0 Å². The largest absolute Gasteiger partial charge is 0.396 e. The average molecular weight is 294 g/mol. The van der Waals surface area contributed by atoms with Gasteiger partial charge in [0.1, 0.15) is 0 Å². The number of hydrogen-bond acceptors (Lipinski definition) is 4. The molecule has 1 saturated carbocycles. The lowest BCUT2D eigenvalue weighted by Crippen LogP contribution is -2.47. The van der Waals surface area contributed by atoms with Crippen LogP contribution in [0, 0.1) is 5.41 Å². The first-order valence-electron chi connectivity index (χ1n) is 7.04. The van der Waals surface area contributed by atoms with Gasteiger partial charge in [-0.25, -0.2) is 4.98 Å². The molecule has 20 heavy (non-hydrogen) atoms.